The summed E-state index contributed by atoms with van der Waals surface area (Å²) in [6, 6.07) is 13.2. The van der Waals surface area contributed by atoms with E-state index in [-0.39, 0.29) is 18.1 Å². The Bertz CT molecular complexity index is 1310. The average Bonchev–Trinajstić information content (AvgIpc) is 3.07. The van der Waals surface area contributed by atoms with Crippen LogP contribution in [0.1, 0.15) is 16.7 Å². The molecular formula is C22H20ClN5O2S. The molecule has 0 unspecified atom stereocenters. The largest absolute Gasteiger partial charge is 0.350 e. The first-order valence-electron chi connectivity index (χ1n) is 9.60. The van der Waals surface area contributed by atoms with Gasteiger partial charge in [-0.3, -0.25) is 4.79 Å². The number of carbonyl (C=O) groups excluding carboxylic acids is 1. The maximum atomic E-state index is 12.7. The second-order valence-electron chi connectivity index (χ2n) is 7.08. The molecule has 1 N–H and O–H groups in total. The summed E-state index contributed by atoms with van der Waals surface area (Å²) in [7, 11) is 0. The van der Waals surface area contributed by atoms with Crippen LogP contribution in [0.3, 0.4) is 0 Å². The number of hydrogen-bond acceptors (Lipinski definition) is 5. The van der Waals surface area contributed by atoms with Crippen LogP contribution in [0.2, 0.25) is 5.02 Å². The van der Waals surface area contributed by atoms with Gasteiger partial charge in [-0.2, -0.15) is 0 Å². The number of halogens is 1. The first kappa shape index (κ1) is 21.1. The highest BCUT2D eigenvalue weighted by molar-refractivity contribution is 7.98. The van der Waals surface area contributed by atoms with Gasteiger partial charge in [-0.05, 0) is 48.7 Å². The van der Waals surface area contributed by atoms with Crippen LogP contribution in [0.5, 0.6) is 0 Å². The molecule has 158 valence electrons. The molecular weight excluding hydrogens is 434 g/mol. The van der Waals surface area contributed by atoms with Crippen molar-refractivity contribution in [1.82, 2.24) is 19.2 Å². The number of anilines is 1. The van der Waals surface area contributed by atoms with Gasteiger partial charge in [0.1, 0.15) is 11.6 Å². The molecule has 0 bridgehead atoms. The highest BCUT2D eigenvalue weighted by atomic mass is 35.5. The van der Waals surface area contributed by atoms with Gasteiger partial charge in [0.15, 0.2) is 5.65 Å². The zero-order chi connectivity index (χ0) is 22.0. The summed E-state index contributed by atoms with van der Waals surface area (Å²) in [5.41, 5.74) is 3.91. The Labute approximate surface area is 188 Å². The fourth-order valence-corrected chi connectivity index (χ4v) is 4.10. The van der Waals surface area contributed by atoms with Crippen molar-refractivity contribution >= 4 is 40.6 Å². The molecule has 0 saturated carbocycles. The molecule has 1 amide bonds. The van der Waals surface area contributed by atoms with Gasteiger partial charge in [-0.15, -0.1) is 5.10 Å². The van der Waals surface area contributed by atoms with Crippen molar-refractivity contribution in [2.45, 2.75) is 31.2 Å². The molecule has 31 heavy (non-hydrogen) atoms. The Morgan fingerprint density at radius 1 is 1.16 bits per heavy atom. The quantitative estimate of drug-likeness (QED) is 0.444. The second kappa shape index (κ2) is 8.95. The Balaban J connectivity index is 1.54. The smallest absolute Gasteiger partial charge is 0.324 e. The van der Waals surface area contributed by atoms with E-state index in [4.69, 9.17) is 11.6 Å². The number of amides is 1. The summed E-state index contributed by atoms with van der Waals surface area (Å²) in [6.45, 7) is 3.74. The number of rotatable bonds is 6. The van der Waals surface area contributed by atoms with E-state index in [0.29, 0.717) is 21.4 Å². The first-order valence-corrected chi connectivity index (χ1v) is 11.0. The lowest BCUT2D eigenvalue weighted by molar-refractivity contribution is -0.117. The Hall–Kier alpha value is -3.10. The van der Waals surface area contributed by atoms with E-state index in [1.54, 1.807) is 12.4 Å². The molecule has 2 heterocycles. The maximum Gasteiger partial charge on any atom is 0.350 e. The van der Waals surface area contributed by atoms with Gasteiger partial charge in [0.05, 0.1) is 0 Å². The highest BCUT2D eigenvalue weighted by Gasteiger charge is 2.15. The van der Waals surface area contributed by atoms with E-state index >= 15 is 0 Å². The fraction of sp³-hybridized carbons (Fsp3) is 0.182. The molecule has 4 aromatic rings. The lowest BCUT2D eigenvalue weighted by Crippen LogP contribution is -2.28. The Morgan fingerprint density at radius 2 is 1.94 bits per heavy atom. The molecule has 0 aliphatic carbocycles. The zero-order valence-electron chi connectivity index (χ0n) is 17.0. The van der Waals surface area contributed by atoms with Crippen LogP contribution in [0.4, 0.5) is 5.69 Å². The predicted molar refractivity (Wildman–Crippen MR) is 123 cm³/mol. The summed E-state index contributed by atoms with van der Waals surface area (Å²) < 4.78 is 2.56. The maximum absolute atomic E-state index is 12.7. The van der Waals surface area contributed by atoms with Gasteiger partial charge in [0.2, 0.25) is 5.91 Å². The molecule has 7 nitrogen and oxygen atoms in total. The van der Waals surface area contributed by atoms with E-state index in [9.17, 15) is 9.59 Å². The van der Waals surface area contributed by atoms with Crippen molar-refractivity contribution in [3.05, 3.63) is 87.1 Å². The second-order valence-corrected chi connectivity index (χ2v) is 8.48. The third-order valence-electron chi connectivity index (χ3n) is 4.93. The molecule has 4 rings (SSSR count). The van der Waals surface area contributed by atoms with E-state index < -0.39 is 0 Å². The van der Waals surface area contributed by atoms with Crippen LogP contribution in [-0.2, 0) is 17.1 Å². The van der Waals surface area contributed by atoms with E-state index in [1.165, 1.54) is 16.2 Å². The number of nitrogens with one attached hydrogen (secondary N) is 1. The average molecular weight is 454 g/mol. The number of aryl methyl sites for hydroxylation is 1. The number of fused-ring (bicyclic) bond motifs is 1. The van der Waals surface area contributed by atoms with Crippen molar-refractivity contribution in [1.29, 1.82) is 0 Å². The Morgan fingerprint density at radius 3 is 2.71 bits per heavy atom. The molecule has 0 fully saturated rings. The van der Waals surface area contributed by atoms with E-state index in [0.717, 1.165) is 27.1 Å². The molecule has 0 aliphatic rings. The van der Waals surface area contributed by atoms with Crippen molar-refractivity contribution in [3.8, 4) is 0 Å². The summed E-state index contributed by atoms with van der Waals surface area (Å²) in [4.78, 5) is 29.6. The van der Waals surface area contributed by atoms with Crippen molar-refractivity contribution in [2.24, 2.45) is 0 Å². The van der Waals surface area contributed by atoms with Crippen LogP contribution in [0.15, 0.2) is 64.7 Å². The number of thioether (sulfide) groups is 1. The van der Waals surface area contributed by atoms with Gasteiger partial charge >= 0.3 is 5.69 Å². The first-order chi connectivity index (χ1) is 14.9. The van der Waals surface area contributed by atoms with Gasteiger partial charge in [-0.1, -0.05) is 47.6 Å². The molecule has 0 spiro atoms. The van der Waals surface area contributed by atoms with Crippen molar-refractivity contribution in [3.63, 3.8) is 0 Å². The summed E-state index contributed by atoms with van der Waals surface area (Å²) in [5.74, 6) is 0.334. The van der Waals surface area contributed by atoms with Crippen molar-refractivity contribution < 1.29 is 4.79 Å². The minimum atomic E-state index is -0.387. The molecule has 2 aromatic heterocycles. The monoisotopic (exact) mass is 453 g/mol. The lowest BCUT2D eigenvalue weighted by Gasteiger charge is -2.09. The fourth-order valence-electron chi connectivity index (χ4n) is 3.08. The summed E-state index contributed by atoms with van der Waals surface area (Å²) in [5, 5.41) is 8.51. The number of aromatic nitrogens is 4. The van der Waals surface area contributed by atoms with Gasteiger partial charge in [0, 0.05) is 28.9 Å². The van der Waals surface area contributed by atoms with Crippen LogP contribution in [0.25, 0.3) is 5.65 Å². The molecule has 2 aromatic carbocycles. The number of nitrogens with zero attached hydrogens (tertiary/aromatic N) is 4. The van der Waals surface area contributed by atoms with Gasteiger partial charge in [0.25, 0.3) is 0 Å². The van der Waals surface area contributed by atoms with Crippen LogP contribution in [0, 0.1) is 13.8 Å². The van der Waals surface area contributed by atoms with Crippen LogP contribution < -0.4 is 11.0 Å². The van der Waals surface area contributed by atoms with E-state index in [2.05, 4.69) is 15.4 Å². The summed E-state index contributed by atoms with van der Waals surface area (Å²) >= 11 is 7.40. The van der Waals surface area contributed by atoms with Crippen molar-refractivity contribution in [2.75, 3.05) is 5.32 Å². The third kappa shape index (κ3) is 4.65. The topological polar surface area (TPSA) is 81.3 Å². The normalized spacial score (nSPS) is 11.1. The third-order valence-corrected chi connectivity index (χ3v) is 6.22. The SMILES string of the molecule is Cc1cccc(NC(=O)Cn2nc3c(SCc4ccc(Cl)cc4)nccn3c2=O)c1C. The minimum absolute atomic E-state index is 0.185. The number of benzene rings is 2. The van der Waals surface area contributed by atoms with Gasteiger partial charge in [-0.25, -0.2) is 18.9 Å². The van der Waals surface area contributed by atoms with Crippen LogP contribution >= 0.6 is 23.4 Å². The van der Waals surface area contributed by atoms with Crippen LogP contribution in [-0.4, -0.2) is 25.1 Å². The van der Waals surface area contributed by atoms with Gasteiger partial charge < -0.3 is 5.32 Å². The number of carbonyl (C=O) groups is 1. The molecule has 0 saturated heterocycles. The Kier molecular flexibility index (Phi) is 6.11. The zero-order valence-corrected chi connectivity index (χ0v) is 18.6. The number of hydrogen-bond donors (Lipinski definition) is 1. The molecule has 0 radical (unpaired) electrons. The molecule has 0 atom stereocenters. The molecule has 0 aliphatic heterocycles. The molecule has 9 heteroatoms. The standard InChI is InChI=1S/C22H20ClN5O2S/c1-14-4-3-5-18(15(14)2)25-19(29)12-28-22(30)27-11-10-24-21(20(27)26-28)31-13-16-6-8-17(23)9-7-16/h3-11H,12-13H2,1-2H3,(H,25,29). The lowest BCUT2D eigenvalue weighted by atomic mass is 10.1. The minimum Gasteiger partial charge on any atom is -0.324 e. The highest BCUT2D eigenvalue weighted by Crippen LogP contribution is 2.24. The predicted octanol–water partition coefficient (Wildman–Crippen LogP) is 4.09. The van der Waals surface area contributed by atoms with E-state index in [1.807, 2.05) is 56.3 Å². The summed E-state index contributed by atoms with van der Waals surface area (Å²) in [6.07, 6.45) is 3.11.